The maximum absolute atomic E-state index is 13.0. The monoisotopic (exact) mass is 339 g/mol. The van der Waals surface area contributed by atoms with E-state index < -0.39 is 0 Å². The first-order valence-corrected chi connectivity index (χ1v) is 7.71. The van der Waals surface area contributed by atoms with Crippen LogP contribution in [-0.4, -0.2) is 15.0 Å². The molecular formula is C17H18FN7. The number of hydrogen-bond donors (Lipinski definition) is 4. The molecule has 5 N–H and O–H groups in total. The second-order valence-electron chi connectivity index (χ2n) is 5.36. The highest BCUT2D eigenvalue weighted by Gasteiger charge is 2.10. The van der Waals surface area contributed by atoms with Crippen molar-refractivity contribution in [3.63, 3.8) is 0 Å². The molecule has 0 saturated heterocycles. The van der Waals surface area contributed by atoms with E-state index in [1.54, 1.807) is 12.1 Å². The van der Waals surface area contributed by atoms with Crippen molar-refractivity contribution in [3.8, 4) is 0 Å². The van der Waals surface area contributed by atoms with E-state index in [0.29, 0.717) is 11.6 Å². The lowest BCUT2D eigenvalue weighted by Gasteiger charge is -2.15. The number of hydrazine groups is 1. The standard InChI is InChI=1S/C17H18FN7/c1-11(12-5-3-2-4-6-12)20-15-22-16(24-17(23-15)25-19)21-14-9-7-13(18)8-10-14/h2-11H,19H2,1H3,(H3,20,21,22,23,24,25). The summed E-state index contributed by atoms with van der Waals surface area (Å²) in [6.45, 7) is 2.00. The molecule has 0 aliphatic rings. The number of hydrogen-bond acceptors (Lipinski definition) is 7. The third-order valence-corrected chi connectivity index (χ3v) is 3.51. The van der Waals surface area contributed by atoms with Gasteiger partial charge in [-0.15, -0.1) is 0 Å². The van der Waals surface area contributed by atoms with Crippen molar-refractivity contribution < 1.29 is 4.39 Å². The van der Waals surface area contributed by atoms with Crippen LogP contribution in [0.15, 0.2) is 54.6 Å². The van der Waals surface area contributed by atoms with Crippen LogP contribution in [0.2, 0.25) is 0 Å². The quantitative estimate of drug-likeness (QED) is 0.404. The number of nitrogens with zero attached hydrogens (tertiary/aromatic N) is 3. The number of anilines is 4. The summed E-state index contributed by atoms with van der Waals surface area (Å²) in [5.41, 5.74) is 4.16. The van der Waals surface area contributed by atoms with E-state index in [0.717, 1.165) is 5.56 Å². The average molecular weight is 339 g/mol. The highest BCUT2D eigenvalue weighted by Crippen LogP contribution is 2.20. The van der Waals surface area contributed by atoms with Gasteiger partial charge in [0.15, 0.2) is 0 Å². The molecule has 0 aliphatic heterocycles. The van der Waals surface area contributed by atoms with E-state index >= 15 is 0 Å². The van der Waals surface area contributed by atoms with Gasteiger partial charge in [-0.3, -0.25) is 5.43 Å². The minimum absolute atomic E-state index is 0.00658. The molecule has 0 spiro atoms. The number of benzene rings is 2. The van der Waals surface area contributed by atoms with Gasteiger partial charge in [0.2, 0.25) is 17.8 Å². The van der Waals surface area contributed by atoms with Crippen molar-refractivity contribution in [1.29, 1.82) is 0 Å². The summed E-state index contributed by atoms with van der Waals surface area (Å²) >= 11 is 0. The van der Waals surface area contributed by atoms with E-state index in [2.05, 4.69) is 31.0 Å². The number of aromatic nitrogens is 3. The van der Waals surface area contributed by atoms with Gasteiger partial charge in [-0.25, -0.2) is 10.2 Å². The molecule has 128 valence electrons. The van der Waals surface area contributed by atoms with Gasteiger partial charge in [0.25, 0.3) is 0 Å². The lowest BCUT2D eigenvalue weighted by molar-refractivity contribution is 0.628. The predicted octanol–water partition coefficient (Wildman–Crippen LogP) is 3.21. The van der Waals surface area contributed by atoms with Gasteiger partial charge in [-0.05, 0) is 36.8 Å². The Kier molecular flexibility index (Phi) is 5.00. The van der Waals surface area contributed by atoms with E-state index in [1.807, 2.05) is 37.3 Å². The van der Waals surface area contributed by atoms with Crippen LogP contribution in [0, 0.1) is 5.82 Å². The molecule has 1 atom stereocenters. The Balaban J connectivity index is 1.81. The Morgan fingerprint density at radius 3 is 2.20 bits per heavy atom. The Bertz CT molecular complexity index is 824. The highest BCUT2D eigenvalue weighted by atomic mass is 19.1. The molecule has 1 unspecified atom stereocenters. The van der Waals surface area contributed by atoms with Crippen molar-refractivity contribution in [2.45, 2.75) is 13.0 Å². The molecule has 0 amide bonds. The van der Waals surface area contributed by atoms with Gasteiger partial charge in [-0.1, -0.05) is 30.3 Å². The third kappa shape index (κ3) is 4.39. The average Bonchev–Trinajstić information content (AvgIpc) is 2.64. The van der Waals surface area contributed by atoms with E-state index in [4.69, 9.17) is 5.84 Å². The summed E-state index contributed by atoms with van der Waals surface area (Å²) < 4.78 is 13.0. The minimum Gasteiger partial charge on any atom is -0.348 e. The number of halogens is 1. The van der Waals surface area contributed by atoms with Crippen LogP contribution in [0.1, 0.15) is 18.5 Å². The number of nitrogens with one attached hydrogen (secondary N) is 3. The van der Waals surface area contributed by atoms with Crippen molar-refractivity contribution in [2.75, 3.05) is 16.1 Å². The van der Waals surface area contributed by atoms with Gasteiger partial charge in [0.1, 0.15) is 5.82 Å². The number of rotatable bonds is 6. The third-order valence-electron chi connectivity index (χ3n) is 3.51. The summed E-state index contributed by atoms with van der Waals surface area (Å²) in [6, 6.07) is 15.8. The van der Waals surface area contributed by atoms with Crippen molar-refractivity contribution in [2.24, 2.45) is 5.84 Å². The molecule has 8 heteroatoms. The molecule has 1 heterocycles. The van der Waals surface area contributed by atoms with Crippen molar-refractivity contribution >= 4 is 23.5 Å². The molecule has 25 heavy (non-hydrogen) atoms. The zero-order valence-corrected chi connectivity index (χ0v) is 13.6. The topological polar surface area (TPSA) is 101 Å². The van der Waals surface area contributed by atoms with Gasteiger partial charge >= 0.3 is 0 Å². The molecule has 0 bridgehead atoms. The zero-order valence-electron chi connectivity index (χ0n) is 13.6. The normalized spacial score (nSPS) is 11.6. The molecule has 0 fully saturated rings. The van der Waals surface area contributed by atoms with Crippen LogP contribution in [0.3, 0.4) is 0 Å². The Morgan fingerprint density at radius 1 is 0.880 bits per heavy atom. The summed E-state index contributed by atoms with van der Waals surface area (Å²) in [7, 11) is 0. The minimum atomic E-state index is -0.315. The van der Waals surface area contributed by atoms with Gasteiger partial charge in [0.05, 0.1) is 6.04 Å². The van der Waals surface area contributed by atoms with Crippen LogP contribution in [-0.2, 0) is 0 Å². The molecule has 0 radical (unpaired) electrons. The molecule has 3 aromatic rings. The van der Waals surface area contributed by atoms with Crippen LogP contribution in [0.5, 0.6) is 0 Å². The largest absolute Gasteiger partial charge is 0.348 e. The molecular weight excluding hydrogens is 321 g/mol. The van der Waals surface area contributed by atoms with E-state index in [-0.39, 0.29) is 23.8 Å². The fourth-order valence-corrected chi connectivity index (χ4v) is 2.24. The van der Waals surface area contributed by atoms with Crippen LogP contribution >= 0.6 is 0 Å². The summed E-state index contributed by atoms with van der Waals surface area (Å²) in [4.78, 5) is 12.7. The molecule has 3 rings (SSSR count). The first-order chi connectivity index (χ1) is 12.1. The number of nitrogen functional groups attached to an aromatic ring is 1. The zero-order chi connectivity index (χ0) is 17.6. The molecule has 7 nitrogen and oxygen atoms in total. The SMILES string of the molecule is CC(Nc1nc(NN)nc(Nc2ccc(F)cc2)n1)c1ccccc1. The first-order valence-electron chi connectivity index (χ1n) is 7.71. The highest BCUT2D eigenvalue weighted by molar-refractivity contribution is 5.55. The van der Waals surface area contributed by atoms with Crippen LogP contribution in [0.4, 0.5) is 27.9 Å². The molecule has 1 aromatic heterocycles. The Morgan fingerprint density at radius 2 is 1.52 bits per heavy atom. The molecule has 0 aliphatic carbocycles. The van der Waals surface area contributed by atoms with E-state index in [9.17, 15) is 4.39 Å². The molecule has 2 aromatic carbocycles. The van der Waals surface area contributed by atoms with Gasteiger partial charge in [0, 0.05) is 5.69 Å². The van der Waals surface area contributed by atoms with E-state index in [1.165, 1.54) is 12.1 Å². The summed E-state index contributed by atoms with van der Waals surface area (Å²) in [5, 5.41) is 6.21. The Labute approximate surface area is 144 Å². The van der Waals surface area contributed by atoms with Crippen LogP contribution < -0.4 is 21.9 Å². The van der Waals surface area contributed by atoms with Gasteiger partial charge < -0.3 is 10.6 Å². The van der Waals surface area contributed by atoms with Crippen molar-refractivity contribution in [3.05, 3.63) is 66.0 Å². The predicted molar refractivity (Wildman–Crippen MR) is 95.8 cm³/mol. The summed E-state index contributed by atoms with van der Waals surface area (Å²) in [5.74, 6) is 5.98. The lowest BCUT2D eigenvalue weighted by Crippen LogP contribution is -2.16. The fourth-order valence-electron chi connectivity index (χ4n) is 2.24. The second kappa shape index (κ2) is 7.54. The maximum Gasteiger partial charge on any atom is 0.243 e. The molecule has 0 saturated carbocycles. The summed E-state index contributed by atoms with van der Waals surface area (Å²) in [6.07, 6.45) is 0. The first kappa shape index (κ1) is 16.6. The van der Waals surface area contributed by atoms with Crippen molar-refractivity contribution in [1.82, 2.24) is 15.0 Å². The smallest absolute Gasteiger partial charge is 0.243 e. The Hall–Kier alpha value is -3.26. The van der Waals surface area contributed by atoms with Crippen LogP contribution in [0.25, 0.3) is 0 Å². The lowest BCUT2D eigenvalue weighted by atomic mass is 10.1. The fraction of sp³-hybridized carbons (Fsp3) is 0.118. The maximum atomic E-state index is 13.0. The number of nitrogens with two attached hydrogens (primary N) is 1. The van der Waals surface area contributed by atoms with Gasteiger partial charge in [-0.2, -0.15) is 15.0 Å². The second-order valence-corrected chi connectivity index (χ2v) is 5.36.